The van der Waals surface area contributed by atoms with Gasteiger partial charge in [0.15, 0.2) is 5.13 Å². The first kappa shape index (κ1) is 23.6. The average Bonchev–Trinajstić information content (AvgIpc) is 3.14. The number of carbonyl (C=O) groups excluding carboxylic acids is 3. The summed E-state index contributed by atoms with van der Waals surface area (Å²) in [7, 11) is 4.81. The summed E-state index contributed by atoms with van der Waals surface area (Å²) in [6, 6.07) is -0.968. The van der Waals surface area contributed by atoms with Crippen molar-refractivity contribution < 1.29 is 28.9 Å². The lowest BCUT2D eigenvalue weighted by Crippen LogP contribution is -2.71. The molecule has 5 N–H and O–H groups in total. The van der Waals surface area contributed by atoms with Crippen LogP contribution in [-0.2, 0) is 19.2 Å². The van der Waals surface area contributed by atoms with E-state index in [9.17, 15) is 19.5 Å². The van der Waals surface area contributed by atoms with Crippen molar-refractivity contribution >= 4 is 51.9 Å². The Labute approximate surface area is 191 Å². The van der Waals surface area contributed by atoms with E-state index in [1.54, 1.807) is 26.2 Å². The molecule has 3 heterocycles. The van der Waals surface area contributed by atoms with Crippen LogP contribution in [0.25, 0.3) is 0 Å². The molecule has 0 radical (unpaired) electrons. The number of nitrogens with two attached hydrogens (primary N) is 2. The van der Waals surface area contributed by atoms with Crippen LogP contribution < -0.4 is 22.0 Å². The molecule has 0 unspecified atom stereocenters. The van der Waals surface area contributed by atoms with Crippen LogP contribution in [0.3, 0.4) is 0 Å². The maximum Gasteiger partial charge on any atom is 0.278 e. The third-order valence-electron chi connectivity index (χ3n) is 4.42. The number of carbonyl (C=O) groups is 3. The zero-order valence-corrected chi connectivity index (χ0v) is 19.1. The van der Waals surface area contributed by atoms with Gasteiger partial charge in [-0.05, 0) is 11.6 Å². The molecule has 0 aromatic carbocycles. The first-order chi connectivity index (χ1) is 15.0. The van der Waals surface area contributed by atoms with Gasteiger partial charge in [-0.15, -0.1) is 11.8 Å². The molecule has 1 saturated heterocycles. The second-order valence-corrected chi connectivity index (χ2v) is 9.35. The summed E-state index contributed by atoms with van der Waals surface area (Å²) in [4.78, 5) is 46.9. The van der Waals surface area contributed by atoms with Crippen molar-refractivity contribution in [1.82, 2.24) is 19.6 Å². The molecule has 1 aromatic heterocycles. The van der Waals surface area contributed by atoms with Crippen LogP contribution in [-0.4, -0.2) is 87.3 Å². The SMILES string of the molecule is CO/N=C(\C(=O)N[C@@H]1C(=O)N2C(C(=O)[O-])=C(/C=C/C[N+](C)(C)N)CS[C@H]12)c1nsc(N)n1. The number of fused-ring (bicyclic) bond motifs is 1. The van der Waals surface area contributed by atoms with Crippen LogP contribution in [0.5, 0.6) is 0 Å². The number of aliphatic carboxylic acids is 1. The van der Waals surface area contributed by atoms with Crippen LogP contribution in [0.2, 0.25) is 0 Å². The van der Waals surface area contributed by atoms with Gasteiger partial charge in [-0.25, -0.2) is 4.59 Å². The van der Waals surface area contributed by atoms with E-state index in [-0.39, 0.29) is 27.0 Å². The lowest BCUT2D eigenvalue weighted by Gasteiger charge is -2.50. The number of hydrogen-bond acceptors (Lipinski definition) is 12. The van der Waals surface area contributed by atoms with Crippen LogP contribution in [0.15, 0.2) is 28.6 Å². The summed E-state index contributed by atoms with van der Waals surface area (Å²) < 4.78 is 4.09. The van der Waals surface area contributed by atoms with Crippen LogP contribution in [0, 0.1) is 0 Å². The Kier molecular flexibility index (Phi) is 6.82. The number of carboxylic acid groups (broad SMARTS) is 1. The monoisotopic (exact) mass is 482 g/mol. The normalized spacial score (nSPS) is 21.4. The second-order valence-electron chi connectivity index (χ2n) is 7.46. The number of nitrogens with one attached hydrogen (secondary N) is 1. The highest BCUT2D eigenvalue weighted by atomic mass is 32.2. The van der Waals surface area contributed by atoms with E-state index < -0.39 is 29.2 Å². The number of anilines is 1. The lowest BCUT2D eigenvalue weighted by molar-refractivity contribution is -0.896. The fourth-order valence-corrected chi connectivity index (χ4v) is 4.80. The van der Waals surface area contributed by atoms with E-state index in [2.05, 4.69) is 24.7 Å². The Morgan fingerprint density at radius 1 is 1.47 bits per heavy atom. The molecule has 0 saturated carbocycles. The van der Waals surface area contributed by atoms with E-state index >= 15 is 0 Å². The zero-order valence-electron chi connectivity index (χ0n) is 17.5. The summed E-state index contributed by atoms with van der Waals surface area (Å²) in [6.07, 6.45) is 3.37. The number of amides is 2. The predicted octanol–water partition coefficient (Wildman–Crippen LogP) is -2.62. The van der Waals surface area contributed by atoms with Gasteiger partial charge in [0.05, 0.1) is 25.8 Å². The minimum absolute atomic E-state index is 0.0456. The number of carboxylic acids is 1. The van der Waals surface area contributed by atoms with Crippen molar-refractivity contribution in [3.8, 4) is 0 Å². The molecular formula is C17H22N8O5S2. The van der Waals surface area contributed by atoms with Crippen molar-refractivity contribution in [1.29, 1.82) is 0 Å². The van der Waals surface area contributed by atoms with Gasteiger partial charge in [0.2, 0.25) is 11.5 Å². The van der Waals surface area contributed by atoms with Gasteiger partial charge in [0.1, 0.15) is 25.1 Å². The fraction of sp³-hybridized carbons (Fsp3) is 0.412. The first-order valence-corrected chi connectivity index (χ1v) is 11.0. The molecule has 0 aliphatic carbocycles. The Hall–Kier alpha value is -3.01. The molecule has 0 bridgehead atoms. The quantitative estimate of drug-likeness (QED) is 0.116. The third-order valence-corrected chi connectivity index (χ3v) is 6.27. The molecular weight excluding hydrogens is 460 g/mol. The summed E-state index contributed by atoms with van der Waals surface area (Å²) in [5.41, 5.74) is 5.51. The van der Waals surface area contributed by atoms with E-state index in [0.29, 0.717) is 17.9 Å². The van der Waals surface area contributed by atoms with Crippen LogP contribution in [0.4, 0.5) is 5.13 Å². The number of β-lactam (4-membered cyclic amide) rings is 1. The number of quaternary nitrogens is 1. The second kappa shape index (κ2) is 9.23. The van der Waals surface area contributed by atoms with Crippen molar-refractivity contribution in [3.63, 3.8) is 0 Å². The molecule has 15 heteroatoms. The minimum atomic E-state index is -1.47. The lowest BCUT2D eigenvalue weighted by atomic mass is 10.0. The maximum absolute atomic E-state index is 12.8. The molecule has 2 aliphatic rings. The van der Waals surface area contributed by atoms with Crippen molar-refractivity contribution in [3.05, 3.63) is 29.2 Å². The molecule has 2 atom stereocenters. The number of oxime groups is 1. The molecule has 32 heavy (non-hydrogen) atoms. The summed E-state index contributed by atoms with van der Waals surface area (Å²) in [6.45, 7) is 0.460. The number of aromatic nitrogens is 2. The summed E-state index contributed by atoms with van der Waals surface area (Å²) in [5, 5.41) is 17.5. The van der Waals surface area contributed by atoms with Crippen molar-refractivity contribution in [2.75, 3.05) is 39.2 Å². The molecule has 13 nitrogen and oxygen atoms in total. The molecule has 2 amide bonds. The topological polar surface area (TPSA) is 189 Å². The van der Waals surface area contributed by atoms with E-state index in [4.69, 9.17) is 11.6 Å². The summed E-state index contributed by atoms with van der Waals surface area (Å²) in [5.74, 6) is 3.33. The van der Waals surface area contributed by atoms with E-state index in [1.807, 2.05) is 0 Å². The fourth-order valence-electron chi connectivity index (χ4n) is 3.04. The third kappa shape index (κ3) is 4.90. The van der Waals surface area contributed by atoms with Gasteiger partial charge in [0.25, 0.3) is 11.8 Å². The van der Waals surface area contributed by atoms with E-state index in [0.717, 1.165) is 16.4 Å². The molecule has 0 spiro atoms. The Balaban J connectivity index is 1.78. The smallest absolute Gasteiger partial charge is 0.278 e. The number of rotatable bonds is 8. The van der Waals surface area contributed by atoms with Gasteiger partial charge >= 0.3 is 0 Å². The van der Waals surface area contributed by atoms with Crippen molar-refractivity contribution in [2.45, 2.75) is 11.4 Å². The van der Waals surface area contributed by atoms with Gasteiger partial charge in [-0.2, -0.15) is 15.2 Å². The highest BCUT2D eigenvalue weighted by Crippen LogP contribution is 2.40. The van der Waals surface area contributed by atoms with Crippen LogP contribution in [0.1, 0.15) is 5.82 Å². The predicted molar refractivity (Wildman–Crippen MR) is 115 cm³/mol. The molecule has 3 rings (SSSR count). The number of hydrogen-bond donors (Lipinski definition) is 3. The zero-order chi connectivity index (χ0) is 23.6. The summed E-state index contributed by atoms with van der Waals surface area (Å²) >= 11 is 2.18. The van der Waals surface area contributed by atoms with Crippen LogP contribution >= 0.6 is 23.3 Å². The Morgan fingerprint density at radius 2 is 2.19 bits per heavy atom. The van der Waals surface area contributed by atoms with Crippen molar-refractivity contribution in [2.24, 2.45) is 11.0 Å². The average molecular weight is 483 g/mol. The number of nitrogen functional groups attached to an aromatic ring is 1. The molecule has 1 fully saturated rings. The van der Waals surface area contributed by atoms with Gasteiger partial charge in [-0.3, -0.25) is 14.5 Å². The minimum Gasteiger partial charge on any atom is -0.543 e. The van der Waals surface area contributed by atoms with Gasteiger partial charge < -0.3 is 25.8 Å². The highest BCUT2D eigenvalue weighted by Gasteiger charge is 2.53. The molecule has 1 aromatic rings. The first-order valence-electron chi connectivity index (χ1n) is 9.22. The number of likely N-dealkylation sites (N-methyl/N-ethyl adjacent to an activating group) is 1. The van der Waals surface area contributed by atoms with Gasteiger partial charge in [0, 0.05) is 17.3 Å². The Bertz CT molecular complexity index is 1030. The number of thioether (sulfide) groups is 1. The standard InChI is InChI=1S/C17H22N8O5S2/c1-25(2,19)6-4-5-8-7-31-15-10(14(27)24(15)11(8)16(28)29)20-13(26)9(22-30-3)12-21-17(18)32-23-12/h4-5,10,15H,6-7,19H2,1-3H3,(H3-,18,20,21,23,26,28,29)/b5-4+,22-9-/t10-,15-/m1/s1. The highest BCUT2D eigenvalue weighted by molar-refractivity contribution is 8.00. The largest absolute Gasteiger partial charge is 0.543 e. The number of allylic oxidation sites excluding steroid dienone is 1. The number of nitrogens with zero attached hydrogens (tertiary/aromatic N) is 5. The maximum atomic E-state index is 12.8. The Morgan fingerprint density at radius 3 is 2.75 bits per heavy atom. The molecule has 172 valence electrons. The molecule has 2 aliphatic heterocycles. The van der Waals surface area contributed by atoms with Gasteiger partial charge in [-0.1, -0.05) is 11.2 Å². The van der Waals surface area contributed by atoms with E-state index in [1.165, 1.54) is 18.9 Å².